The van der Waals surface area contributed by atoms with Crippen LogP contribution in [-0.4, -0.2) is 31.5 Å². The van der Waals surface area contributed by atoms with E-state index in [-0.39, 0.29) is 24.0 Å². The van der Waals surface area contributed by atoms with Gasteiger partial charge in [-0.15, -0.1) is 24.0 Å². The van der Waals surface area contributed by atoms with Crippen molar-refractivity contribution < 1.29 is 4.42 Å². The van der Waals surface area contributed by atoms with Gasteiger partial charge in [0.1, 0.15) is 5.76 Å². The molecule has 0 saturated carbocycles. The summed E-state index contributed by atoms with van der Waals surface area (Å²) in [5, 5.41) is 3.37. The highest BCUT2D eigenvalue weighted by molar-refractivity contribution is 14.0. The number of nitrogens with zero attached hydrogens (tertiary/aromatic N) is 2. The number of guanidine groups is 1. The zero-order valence-electron chi connectivity index (χ0n) is 14.1. The van der Waals surface area contributed by atoms with Crippen LogP contribution >= 0.6 is 24.0 Å². The molecule has 1 N–H and O–H groups in total. The van der Waals surface area contributed by atoms with E-state index in [0.29, 0.717) is 0 Å². The Morgan fingerprint density at radius 2 is 1.87 bits per heavy atom. The third-order valence-corrected chi connectivity index (χ3v) is 3.66. The average molecular weight is 427 g/mol. The van der Waals surface area contributed by atoms with E-state index in [1.165, 1.54) is 11.1 Å². The van der Waals surface area contributed by atoms with E-state index in [0.717, 1.165) is 37.7 Å². The lowest BCUT2D eigenvalue weighted by Gasteiger charge is -2.22. The van der Waals surface area contributed by atoms with Gasteiger partial charge in [0.2, 0.25) is 0 Å². The second-order valence-corrected chi connectivity index (χ2v) is 5.33. The van der Waals surface area contributed by atoms with Crippen LogP contribution in [0.25, 0.3) is 0 Å². The number of nitrogens with one attached hydrogen (secondary N) is 1. The van der Waals surface area contributed by atoms with Gasteiger partial charge < -0.3 is 14.6 Å². The number of hydrogen-bond acceptors (Lipinski definition) is 2. The number of aryl methyl sites for hydroxylation is 1. The van der Waals surface area contributed by atoms with Gasteiger partial charge in [-0.1, -0.05) is 31.2 Å². The Labute approximate surface area is 156 Å². The van der Waals surface area contributed by atoms with Crippen molar-refractivity contribution in [3.05, 3.63) is 59.5 Å². The van der Waals surface area contributed by atoms with Crippen LogP contribution in [-0.2, 0) is 19.4 Å². The first-order valence-electron chi connectivity index (χ1n) is 7.75. The van der Waals surface area contributed by atoms with Crippen molar-refractivity contribution in [3.63, 3.8) is 0 Å². The molecular weight excluding hydrogens is 401 g/mol. The standard InChI is InChI=1S/C18H25N3O.HI/c1-4-15-7-9-16(10-8-15)14-21(3)18(19-2)20-12-11-17-6-5-13-22-17;/h5-10,13H,4,11-12,14H2,1-3H3,(H,19,20);1H. The van der Waals surface area contributed by atoms with Gasteiger partial charge in [-0.05, 0) is 29.7 Å². The minimum absolute atomic E-state index is 0. The summed E-state index contributed by atoms with van der Waals surface area (Å²) in [6.07, 6.45) is 3.63. The Bertz CT molecular complexity index is 579. The molecule has 1 heterocycles. The number of aliphatic imine (C=N–C) groups is 1. The largest absolute Gasteiger partial charge is 0.469 e. The maximum atomic E-state index is 5.33. The predicted octanol–water partition coefficient (Wildman–Crippen LogP) is 3.71. The van der Waals surface area contributed by atoms with E-state index in [1.54, 1.807) is 6.26 Å². The van der Waals surface area contributed by atoms with Gasteiger partial charge in [0.05, 0.1) is 6.26 Å². The summed E-state index contributed by atoms with van der Waals surface area (Å²) >= 11 is 0. The quantitative estimate of drug-likeness (QED) is 0.434. The van der Waals surface area contributed by atoms with Gasteiger partial charge in [0.25, 0.3) is 0 Å². The summed E-state index contributed by atoms with van der Waals surface area (Å²) in [6, 6.07) is 12.7. The van der Waals surface area contributed by atoms with E-state index in [2.05, 4.69) is 53.4 Å². The molecule has 0 aliphatic rings. The van der Waals surface area contributed by atoms with Gasteiger partial charge in [-0.25, -0.2) is 0 Å². The maximum absolute atomic E-state index is 5.33. The Morgan fingerprint density at radius 1 is 1.17 bits per heavy atom. The Hall–Kier alpha value is -1.50. The van der Waals surface area contributed by atoms with Crippen molar-refractivity contribution in [2.45, 2.75) is 26.3 Å². The summed E-state index contributed by atoms with van der Waals surface area (Å²) < 4.78 is 5.33. The summed E-state index contributed by atoms with van der Waals surface area (Å²) in [6.45, 7) is 3.82. The highest BCUT2D eigenvalue weighted by atomic mass is 127. The molecule has 0 unspecified atom stereocenters. The number of hydrogen-bond donors (Lipinski definition) is 1. The molecule has 23 heavy (non-hydrogen) atoms. The highest BCUT2D eigenvalue weighted by Crippen LogP contribution is 2.07. The molecule has 0 spiro atoms. The van der Waals surface area contributed by atoms with E-state index in [1.807, 2.05) is 19.2 Å². The molecule has 2 rings (SSSR count). The van der Waals surface area contributed by atoms with Crippen LogP contribution in [0.5, 0.6) is 0 Å². The molecule has 0 aliphatic heterocycles. The molecule has 0 radical (unpaired) electrons. The SMILES string of the molecule is CCc1ccc(CN(C)C(=NC)NCCc2ccco2)cc1.I. The normalized spacial score (nSPS) is 11.0. The second kappa shape index (κ2) is 10.3. The third kappa shape index (κ3) is 6.25. The van der Waals surface area contributed by atoms with Crippen molar-refractivity contribution >= 4 is 29.9 Å². The second-order valence-electron chi connectivity index (χ2n) is 5.33. The molecule has 5 heteroatoms. The topological polar surface area (TPSA) is 40.8 Å². The van der Waals surface area contributed by atoms with Gasteiger partial charge in [-0.2, -0.15) is 0 Å². The minimum atomic E-state index is 0. The van der Waals surface area contributed by atoms with E-state index < -0.39 is 0 Å². The Kier molecular flexibility index (Phi) is 8.76. The molecule has 0 atom stereocenters. The fourth-order valence-electron chi connectivity index (χ4n) is 2.37. The van der Waals surface area contributed by atoms with Crippen molar-refractivity contribution in [2.24, 2.45) is 4.99 Å². The molecule has 2 aromatic rings. The molecule has 0 amide bonds. The fourth-order valence-corrected chi connectivity index (χ4v) is 2.37. The van der Waals surface area contributed by atoms with Gasteiger partial charge in [0.15, 0.2) is 5.96 Å². The third-order valence-electron chi connectivity index (χ3n) is 3.66. The van der Waals surface area contributed by atoms with Crippen molar-refractivity contribution in [2.75, 3.05) is 20.6 Å². The average Bonchev–Trinajstić information content (AvgIpc) is 3.05. The minimum Gasteiger partial charge on any atom is -0.469 e. The summed E-state index contributed by atoms with van der Waals surface area (Å²) in [5.41, 5.74) is 2.65. The molecular formula is C18H26IN3O. The zero-order valence-corrected chi connectivity index (χ0v) is 16.4. The maximum Gasteiger partial charge on any atom is 0.193 e. The van der Waals surface area contributed by atoms with Crippen LogP contribution in [0, 0.1) is 0 Å². The van der Waals surface area contributed by atoms with Crippen LogP contribution in [0.3, 0.4) is 0 Å². The van der Waals surface area contributed by atoms with E-state index >= 15 is 0 Å². The lowest BCUT2D eigenvalue weighted by molar-refractivity contribution is 0.469. The first-order valence-corrected chi connectivity index (χ1v) is 7.75. The van der Waals surface area contributed by atoms with Gasteiger partial charge in [0, 0.05) is 33.6 Å². The predicted molar refractivity (Wildman–Crippen MR) is 106 cm³/mol. The zero-order chi connectivity index (χ0) is 15.8. The summed E-state index contributed by atoms with van der Waals surface area (Å²) in [4.78, 5) is 6.47. The molecule has 0 bridgehead atoms. The van der Waals surface area contributed by atoms with E-state index in [9.17, 15) is 0 Å². The summed E-state index contributed by atoms with van der Waals surface area (Å²) in [5.74, 6) is 1.88. The monoisotopic (exact) mass is 427 g/mol. The molecule has 0 fully saturated rings. The molecule has 4 nitrogen and oxygen atoms in total. The van der Waals surface area contributed by atoms with Crippen LogP contribution in [0.4, 0.5) is 0 Å². The van der Waals surface area contributed by atoms with Gasteiger partial charge >= 0.3 is 0 Å². The first-order chi connectivity index (χ1) is 10.7. The molecule has 1 aromatic heterocycles. The van der Waals surface area contributed by atoms with Crippen molar-refractivity contribution in [3.8, 4) is 0 Å². The van der Waals surface area contributed by atoms with Crippen LogP contribution in [0.1, 0.15) is 23.8 Å². The molecule has 1 aromatic carbocycles. The molecule has 0 aliphatic carbocycles. The van der Waals surface area contributed by atoms with Crippen LogP contribution in [0.2, 0.25) is 0 Å². The molecule has 0 saturated heterocycles. The first kappa shape index (κ1) is 19.5. The fraction of sp³-hybridized carbons (Fsp3) is 0.389. The van der Waals surface area contributed by atoms with Crippen LogP contribution in [0.15, 0.2) is 52.1 Å². The van der Waals surface area contributed by atoms with Gasteiger partial charge in [-0.3, -0.25) is 4.99 Å². The lowest BCUT2D eigenvalue weighted by Crippen LogP contribution is -2.39. The molecule has 126 valence electrons. The van der Waals surface area contributed by atoms with Crippen molar-refractivity contribution in [1.29, 1.82) is 0 Å². The lowest BCUT2D eigenvalue weighted by atomic mass is 10.1. The number of rotatable bonds is 6. The number of halogens is 1. The van der Waals surface area contributed by atoms with Crippen LogP contribution < -0.4 is 5.32 Å². The van der Waals surface area contributed by atoms with E-state index in [4.69, 9.17) is 4.42 Å². The number of benzene rings is 1. The smallest absolute Gasteiger partial charge is 0.193 e. The Balaban J connectivity index is 0.00000264. The van der Waals surface area contributed by atoms with Crippen molar-refractivity contribution in [1.82, 2.24) is 10.2 Å². The number of furan rings is 1. The highest BCUT2D eigenvalue weighted by Gasteiger charge is 2.06. The summed E-state index contributed by atoms with van der Waals surface area (Å²) in [7, 11) is 3.86. The Morgan fingerprint density at radius 3 is 2.43 bits per heavy atom.